The maximum atomic E-state index is 12.1. The third-order valence-corrected chi connectivity index (χ3v) is 5.04. The van der Waals surface area contributed by atoms with Crippen LogP contribution in [-0.4, -0.2) is 20.9 Å². The van der Waals surface area contributed by atoms with Gasteiger partial charge in [0.05, 0.1) is 7.11 Å². The topological polar surface area (TPSA) is 35.5 Å². The van der Waals surface area contributed by atoms with Crippen LogP contribution in [0.2, 0.25) is 0 Å². The number of ether oxygens (including phenoxy) is 1. The zero-order valence-corrected chi connectivity index (χ0v) is 12.2. The lowest BCUT2D eigenvalue weighted by Crippen LogP contribution is -2.04. The molecule has 1 atom stereocenters. The van der Waals surface area contributed by atoms with Gasteiger partial charge in [-0.15, -0.1) is 0 Å². The van der Waals surface area contributed by atoms with Gasteiger partial charge in [-0.3, -0.25) is 4.57 Å². The van der Waals surface area contributed by atoms with Crippen molar-refractivity contribution in [1.82, 2.24) is 0 Å². The molecule has 19 heavy (non-hydrogen) atoms. The quantitative estimate of drug-likeness (QED) is 0.801. The first kappa shape index (κ1) is 13.9. The van der Waals surface area contributed by atoms with Crippen molar-refractivity contribution in [3.63, 3.8) is 0 Å². The fourth-order valence-electron chi connectivity index (χ4n) is 1.81. The molecule has 3 nitrogen and oxygen atoms in total. The number of benzene rings is 2. The van der Waals surface area contributed by atoms with E-state index in [9.17, 15) is 4.57 Å². The van der Waals surface area contributed by atoms with E-state index in [1.807, 2.05) is 48.5 Å². The van der Waals surface area contributed by atoms with Crippen LogP contribution in [0.4, 0.5) is 0 Å². The predicted octanol–water partition coefficient (Wildman–Crippen LogP) is 3.54. The Balaban J connectivity index is 2.29. The molecule has 0 saturated heterocycles. The van der Waals surface area contributed by atoms with E-state index in [-0.39, 0.29) is 0 Å². The van der Waals surface area contributed by atoms with Gasteiger partial charge in [0.1, 0.15) is 5.75 Å². The molecule has 0 fully saturated rings. The molecule has 0 bridgehead atoms. The van der Waals surface area contributed by atoms with Gasteiger partial charge in [-0.25, -0.2) is 0 Å². The molecule has 2 aromatic carbocycles. The molecule has 0 radical (unpaired) electrons. The fourth-order valence-corrected chi connectivity index (χ4v) is 2.72. The summed E-state index contributed by atoms with van der Waals surface area (Å²) in [5, 5.41) is 0.729. The Labute approximate surface area is 113 Å². The van der Waals surface area contributed by atoms with Crippen LogP contribution in [-0.2, 0) is 9.09 Å². The van der Waals surface area contributed by atoms with Crippen LogP contribution < -0.4 is 10.0 Å². The zero-order chi connectivity index (χ0) is 13.9. The standard InChI is InChI=1S/C15H17O3P/c1-17-14-8-4-12(5-9-14)13-6-10-15(11-7-13)19(3,16)18-2/h4-11H,1-3H3. The van der Waals surface area contributed by atoms with E-state index in [0.717, 1.165) is 22.2 Å². The first-order valence-corrected chi connectivity index (χ1v) is 8.02. The van der Waals surface area contributed by atoms with Crippen molar-refractivity contribution in [1.29, 1.82) is 0 Å². The first-order valence-electron chi connectivity index (χ1n) is 5.95. The summed E-state index contributed by atoms with van der Waals surface area (Å²) < 4.78 is 22.2. The Morgan fingerprint density at radius 2 is 1.32 bits per heavy atom. The van der Waals surface area contributed by atoms with E-state index in [1.165, 1.54) is 7.11 Å². The van der Waals surface area contributed by atoms with Gasteiger partial charge in [0.25, 0.3) is 0 Å². The summed E-state index contributed by atoms with van der Waals surface area (Å²) in [5.41, 5.74) is 2.17. The fraction of sp³-hybridized carbons (Fsp3) is 0.200. The van der Waals surface area contributed by atoms with E-state index in [4.69, 9.17) is 9.26 Å². The van der Waals surface area contributed by atoms with Crippen LogP contribution in [0, 0.1) is 0 Å². The van der Waals surface area contributed by atoms with Crippen LogP contribution in [0.5, 0.6) is 5.75 Å². The third-order valence-electron chi connectivity index (χ3n) is 3.11. The van der Waals surface area contributed by atoms with Crippen molar-refractivity contribution in [2.24, 2.45) is 0 Å². The predicted molar refractivity (Wildman–Crippen MR) is 78.6 cm³/mol. The number of hydrogen-bond acceptors (Lipinski definition) is 3. The first-order chi connectivity index (χ1) is 9.06. The van der Waals surface area contributed by atoms with Crippen LogP contribution >= 0.6 is 7.37 Å². The van der Waals surface area contributed by atoms with Crippen LogP contribution in [0.15, 0.2) is 48.5 Å². The Hall–Kier alpha value is -1.57. The maximum Gasteiger partial charge on any atom is 0.228 e. The van der Waals surface area contributed by atoms with Crippen molar-refractivity contribution < 1.29 is 13.8 Å². The van der Waals surface area contributed by atoms with Crippen molar-refractivity contribution in [3.05, 3.63) is 48.5 Å². The highest BCUT2D eigenvalue weighted by molar-refractivity contribution is 7.66. The monoisotopic (exact) mass is 276 g/mol. The van der Waals surface area contributed by atoms with Gasteiger partial charge in [-0.05, 0) is 35.4 Å². The second-order valence-electron chi connectivity index (χ2n) is 4.30. The van der Waals surface area contributed by atoms with Crippen molar-refractivity contribution >= 4 is 12.7 Å². The normalized spacial score (nSPS) is 13.8. The molecule has 0 aliphatic heterocycles. The molecule has 4 heteroatoms. The second kappa shape index (κ2) is 5.60. The lowest BCUT2D eigenvalue weighted by atomic mass is 10.1. The molecule has 0 aromatic heterocycles. The van der Waals surface area contributed by atoms with Gasteiger partial charge in [-0.1, -0.05) is 24.3 Å². The van der Waals surface area contributed by atoms with Gasteiger partial charge < -0.3 is 9.26 Å². The van der Waals surface area contributed by atoms with Crippen LogP contribution in [0.1, 0.15) is 0 Å². The average Bonchev–Trinajstić information content (AvgIpc) is 2.47. The molecule has 2 rings (SSSR count). The Kier molecular flexibility index (Phi) is 4.08. The van der Waals surface area contributed by atoms with Crippen LogP contribution in [0.25, 0.3) is 11.1 Å². The molecule has 0 amide bonds. The highest BCUT2D eigenvalue weighted by Gasteiger charge is 2.16. The smallest absolute Gasteiger partial charge is 0.228 e. The Morgan fingerprint density at radius 1 is 0.842 bits per heavy atom. The molecule has 0 heterocycles. The van der Waals surface area contributed by atoms with Gasteiger partial charge in [-0.2, -0.15) is 0 Å². The highest BCUT2D eigenvalue weighted by atomic mass is 31.2. The molecule has 0 N–H and O–H groups in total. The van der Waals surface area contributed by atoms with Gasteiger partial charge in [0.2, 0.25) is 7.37 Å². The Morgan fingerprint density at radius 3 is 1.74 bits per heavy atom. The molecule has 0 aliphatic rings. The summed E-state index contributed by atoms with van der Waals surface area (Å²) in [6, 6.07) is 15.4. The van der Waals surface area contributed by atoms with E-state index >= 15 is 0 Å². The summed E-state index contributed by atoms with van der Waals surface area (Å²) in [4.78, 5) is 0. The van der Waals surface area contributed by atoms with Crippen molar-refractivity contribution in [2.45, 2.75) is 0 Å². The molecule has 0 aliphatic carbocycles. The van der Waals surface area contributed by atoms with E-state index < -0.39 is 7.37 Å². The summed E-state index contributed by atoms with van der Waals surface area (Å²) in [5.74, 6) is 0.831. The van der Waals surface area contributed by atoms with Gasteiger partial charge in [0.15, 0.2) is 0 Å². The van der Waals surface area contributed by atoms with Crippen molar-refractivity contribution in [3.8, 4) is 16.9 Å². The molecule has 0 spiro atoms. The minimum Gasteiger partial charge on any atom is -0.497 e. The molecule has 0 saturated carbocycles. The van der Waals surface area contributed by atoms with Gasteiger partial charge >= 0.3 is 0 Å². The highest BCUT2D eigenvalue weighted by Crippen LogP contribution is 2.40. The summed E-state index contributed by atoms with van der Waals surface area (Å²) >= 11 is 0. The van der Waals surface area contributed by atoms with E-state index in [0.29, 0.717) is 0 Å². The minimum absolute atomic E-state index is 0.729. The lowest BCUT2D eigenvalue weighted by Gasteiger charge is -2.11. The third kappa shape index (κ3) is 3.06. The summed E-state index contributed by atoms with van der Waals surface area (Å²) in [6.07, 6.45) is 0. The summed E-state index contributed by atoms with van der Waals surface area (Å²) in [7, 11) is 0.447. The van der Waals surface area contributed by atoms with E-state index in [1.54, 1.807) is 13.8 Å². The number of methoxy groups -OCH3 is 1. The molecular weight excluding hydrogens is 259 g/mol. The summed E-state index contributed by atoms with van der Waals surface area (Å²) in [6.45, 7) is 1.62. The SMILES string of the molecule is COc1ccc(-c2ccc(P(C)(=O)OC)cc2)cc1. The Bertz CT molecular complexity index is 588. The van der Waals surface area contributed by atoms with E-state index in [2.05, 4.69) is 0 Å². The van der Waals surface area contributed by atoms with Gasteiger partial charge in [0, 0.05) is 19.1 Å². The molecule has 1 unspecified atom stereocenters. The molecule has 100 valence electrons. The number of hydrogen-bond donors (Lipinski definition) is 0. The maximum absolute atomic E-state index is 12.1. The largest absolute Gasteiger partial charge is 0.497 e. The number of rotatable bonds is 4. The average molecular weight is 276 g/mol. The van der Waals surface area contributed by atoms with Crippen molar-refractivity contribution in [2.75, 3.05) is 20.9 Å². The molecular formula is C15H17O3P. The van der Waals surface area contributed by atoms with Crippen LogP contribution in [0.3, 0.4) is 0 Å². The zero-order valence-electron chi connectivity index (χ0n) is 11.3. The lowest BCUT2D eigenvalue weighted by molar-refractivity contribution is 0.408. The minimum atomic E-state index is -2.67. The second-order valence-corrected chi connectivity index (χ2v) is 6.88. The molecule has 2 aromatic rings.